The Balaban J connectivity index is 1.87. The molecule has 146 valence electrons. The number of anilines is 1. The van der Waals surface area contributed by atoms with Crippen molar-refractivity contribution >= 4 is 27.9 Å². The lowest BCUT2D eigenvalue weighted by Gasteiger charge is -2.33. The Morgan fingerprint density at radius 1 is 1.39 bits per heavy atom. The summed E-state index contributed by atoms with van der Waals surface area (Å²) in [7, 11) is 0. The zero-order valence-electron chi connectivity index (χ0n) is 16.5. The van der Waals surface area contributed by atoms with Gasteiger partial charge in [-0.25, -0.2) is 0 Å². The molecule has 1 heterocycles. The predicted octanol–water partition coefficient (Wildman–Crippen LogP) is 5.24. The number of nitrogens with one attached hydrogen (secondary N) is 1. The number of benzene rings is 1. The molecule has 0 saturated carbocycles. The van der Waals surface area contributed by atoms with E-state index in [-0.39, 0.29) is 17.0 Å². The van der Waals surface area contributed by atoms with E-state index in [1.54, 1.807) is 6.92 Å². The van der Waals surface area contributed by atoms with E-state index in [2.05, 4.69) is 32.2 Å². The number of aryl methyl sites for hydroxylation is 1. The van der Waals surface area contributed by atoms with E-state index in [4.69, 9.17) is 0 Å². The number of amides is 1. The zero-order valence-corrected chi connectivity index (χ0v) is 17.3. The van der Waals surface area contributed by atoms with Gasteiger partial charge in [0.15, 0.2) is 0 Å². The first-order valence-electron chi connectivity index (χ1n) is 9.23. The number of nitriles is 1. The third-order valence-electron chi connectivity index (χ3n) is 5.48. The van der Waals surface area contributed by atoms with Crippen molar-refractivity contribution in [3.05, 3.63) is 55.4 Å². The van der Waals surface area contributed by atoms with Crippen LogP contribution >= 0.6 is 11.3 Å². The molecule has 1 atom stereocenters. The first kappa shape index (κ1) is 20.0. The summed E-state index contributed by atoms with van der Waals surface area (Å²) >= 11 is 1.48. The largest absolute Gasteiger partial charge is 0.312 e. The smallest absolute Gasteiger partial charge is 0.272 e. The molecule has 1 aromatic carbocycles. The molecule has 3 rings (SSSR count). The molecule has 1 aromatic heterocycles. The summed E-state index contributed by atoms with van der Waals surface area (Å²) in [5.74, 6) is 0.187. The predicted molar refractivity (Wildman–Crippen MR) is 110 cm³/mol. The SMILES string of the molecule is Cc1cc(C(=O)Nc2sc3c(c2C#N)CC[C@H](C(C)(C)C)C3)ccc1[N+](=O)[O-]. The molecule has 0 aliphatic heterocycles. The van der Waals surface area contributed by atoms with Crippen molar-refractivity contribution in [1.82, 2.24) is 0 Å². The standard InChI is InChI=1S/C21H23N3O3S/c1-12-9-13(5-8-17(12)24(26)27)19(25)23-20-16(11-22)15-7-6-14(21(2,3)4)10-18(15)28-20/h5,8-9,14H,6-7,10H2,1-4H3,(H,23,25)/t14-/m0/s1. The highest BCUT2D eigenvalue weighted by atomic mass is 32.1. The molecule has 1 amide bonds. The van der Waals surface area contributed by atoms with Crippen LogP contribution in [0.3, 0.4) is 0 Å². The maximum atomic E-state index is 12.7. The minimum atomic E-state index is -0.468. The molecule has 0 unspecified atom stereocenters. The minimum Gasteiger partial charge on any atom is -0.312 e. The molecule has 28 heavy (non-hydrogen) atoms. The summed E-state index contributed by atoms with van der Waals surface area (Å²) in [6.07, 6.45) is 2.81. The van der Waals surface area contributed by atoms with Crippen LogP contribution in [0.15, 0.2) is 18.2 Å². The van der Waals surface area contributed by atoms with Gasteiger partial charge in [0.25, 0.3) is 11.6 Å². The Bertz CT molecular complexity index is 996. The van der Waals surface area contributed by atoms with Crippen LogP contribution in [0.4, 0.5) is 10.7 Å². The van der Waals surface area contributed by atoms with Crippen LogP contribution in [-0.4, -0.2) is 10.8 Å². The minimum absolute atomic E-state index is 0.0194. The average molecular weight is 398 g/mol. The Hall–Kier alpha value is -2.72. The van der Waals surface area contributed by atoms with E-state index in [0.29, 0.717) is 27.6 Å². The van der Waals surface area contributed by atoms with Gasteiger partial charge in [0, 0.05) is 22.1 Å². The highest BCUT2D eigenvalue weighted by molar-refractivity contribution is 7.16. The van der Waals surface area contributed by atoms with Crippen LogP contribution in [-0.2, 0) is 12.8 Å². The lowest BCUT2D eigenvalue weighted by molar-refractivity contribution is -0.385. The Labute approximate surface area is 168 Å². The molecule has 2 aromatic rings. The van der Waals surface area contributed by atoms with Crippen molar-refractivity contribution in [3.8, 4) is 6.07 Å². The quantitative estimate of drug-likeness (QED) is 0.566. The molecule has 0 fully saturated rings. The molecule has 1 aliphatic carbocycles. The van der Waals surface area contributed by atoms with Crippen molar-refractivity contribution in [2.45, 2.75) is 47.0 Å². The molecule has 0 saturated heterocycles. The molecule has 0 radical (unpaired) electrons. The Morgan fingerprint density at radius 3 is 2.68 bits per heavy atom. The van der Waals surface area contributed by atoms with Gasteiger partial charge in [0.1, 0.15) is 11.1 Å². The van der Waals surface area contributed by atoms with Gasteiger partial charge < -0.3 is 5.32 Å². The van der Waals surface area contributed by atoms with E-state index in [0.717, 1.165) is 24.8 Å². The van der Waals surface area contributed by atoms with Crippen LogP contribution in [0.25, 0.3) is 0 Å². The average Bonchev–Trinajstić information content (AvgIpc) is 2.96. The highest BCUT2D eigenvalue weighted by Gasteiger charge is 2.32. The molecule has 1 aliphatic rings. The number of nitro groups is 1. The van der Waals surface area contributed by atoms with Crippen LogP contribution in [0.5, 0.6) is 0 Å². The molecular weight excluding hydrogens is 374 g/mol. The second kappa shape index (κ2) is 7.36. The van der Waals surface area contributed by atoms with Gasteiger partial charge in [-0.15, -0.1) is 11.3 Å². The maximum Gasteiger partial charge on any atom is 0.272 e. The van der Waals surface area contributed by atoms with Crippen molar-refractivity contribution in [2.24, 2.45) is 11.3 Å². The number of hydrogen-bond acceptors (Lipinski definition) is 5. The molecule has 6 nitrogen and oxygen atoms in total. The van der Waals surface area contributed by atoms with Gasteiger partial charge in [-0.3, -0.25) is 14.9 Å². The molecular formula is C21H23N3O3S. The Kier molecular flexibility index (Phi) is 5.26. The molecule has 7 heteroatoms. The number of nitrogens with zero attached hydrogens (tertiary/aromatic N) is 2. The molecule has 0 bridgehead atoms. The van der Waals surface area contributed by atoms with Crippen LogP contribution < -0.4 is 5.32 Å². The topological polar surface area (TPSA) is 96.0 Å². The van der Waals surface area contributed by atoms with Crippen molar-refractivity contribution in [1.29, 1.82) is 5.26 Å². The third kappa shape index (κ3) is 3.78. The number of fused-ring (bicyclic) bond motifs is 1. The fourth-order valence-electron chi connectivity index (χ4n) is 3.71. The summed E-state index contributed by atoms with van der Waals surface area (Å²) < 4.78 is 0. The summed E-state index contributed by atoms with van der Waals surface area (Å²) in [6, 6.07) is 6.53. The van der Waals surface area contributed by atoms with Crippen molar-refractivity contribution in [3.63, 3.8) is 0 Å². The number of hydrogen-bond donors (Lipinski definition) is 1. The van der Waals surface area contributed by atoms with Gasteiger partial charge in [-0.2, -0.15) is 5.26 Å². The van der Waals surface area contributed by atoms with E-state index < -0.39 is 4.92 Å². The lowest BCUT2D eigenvalue weighted by Crippen LogP contribution is -2.26. The number of rotatable bonds is 3. The van der Waals surface area contributed by atoms with E-state index in [1.165, 1.54) is 34.4 Å². The first-order chi connectivity index (χ1) is 13.1. The van der Waals surface area contributed by atoms with Gasteiger partial charge in [-0.1, -0.05) is 20.8 Å². The van der Waals surface area contributed by atoms with E-state index in [9.17, 15) is 20.2 Å². The van der Waals surface area contributed by atoms with Gasteiger partial charge in [0.2, 0.25) is 0 Å². The van der Waals surface area contributed by atoms with Crippen molar-refractivity contribution < 1.29 is 9.72 Å². The van der Waals surface area contributed by atoms with Crippen LogP contribution in [0, 0.1) is 39.7 Å². The number of carbonyl (C=O) groups excluding carboxylic acids is 1. The number of carbonyl (C=O) groups is 1. The second-order valence-electron chi connectivity index (χ2n) is 8.34. The monoisotopic (exact) mass is 397 g/mol. The normalized spacial score (nSPS) is 16.2. The Morgan fingerprint density at radius 2 is 2.11 bits per heavy atom. The van der Waals surface area contributed by atoms with Crippen LogP contribution in [0.1, 0.15) is 59.1 Å². The fourth-order valence-corrected chi connectivity index (χ4v) is 4.98. The molecule has 0 spiro atoms. The molecule has 1 N–H and O–H groups in total. The van der Waals surface area contributed by atoms with E-state index in [1.807, 2.05) is 0 Å². The number of thiophene rings is 1. The summed E-state index contributed by atoms with van der Waals surface area (Å²) in [5.41, 5.74) is 2.56. The van der Waals surface area contributed by atoms with Gasteiger partial charge in [-0.05, 0) is 55.2 Å². The number of nitro benzene ring substituents is 1. The van der Waals surface area contributed by atoms with Gasteiger partial charge >= 0.3 is 0 Å². The van der Waals surface area contributed by atoms with E-state index >= 15 is 0 Å². The fraction of sp³-hybridized carbons (Fsp3) is 0.429. The first-order valence-corrected chi connectivity index (χ1v) is 10.0. The summed E-state index contributed by atoms with van der Waals surface area (Å²) in [5, 5.41) is 24.0. The van der Waals surface area contributed by atoms with Crippen LogP contribution in [0.2, 0.25) is 0 Å². The maximum absolute atomic E-state index is 12.7. The third-order valence-corrected chi connectivity index (χ3v) is 6.65. The second-order valence-corrected chi connectivity index (χ2v) is 9.44. The summed E-state index contributed by atoms with van der Waals surface area (Å²) in [6.45, 7) is 8.31. The van der Waals surface area contributed by atoms with Gasteiger partial charge in [0.05, 0.1) is 10.5 Å². The lowest BCUT2D eigenvalue weighted by atomic mass is 9.72. The highest BCUT2D eigenvalue weighted by Crippen LogP contribution is 2.44. The van der Waals surface area contributed by atoms with Crippen molar-refractivity contribution in [2.75, 3.05) is 5.32 Å². The summed E-state index contributed by atoms with van der Waals surface area (Å²) in [4.78, 5) is 24.3. The zero-order chi connectivity index (χ0) is 20.6.